The van der Waals surface area contributed by atoms with Crippen LogP contribution in [0, 0.1) is 10.1 Å². The number of ketones is 1. The van der Waals surface area contributed by atoms with Gasteiger partial charge in [0.15, 0.2) is 0 Å². The molecule has 2 atom stereocenters. The summed E-state index contributed by atoms with van der Waals surface area (Å²) in [7, 11) is 0. The van der Waals surface area contributed by atoms with Gasteiger partial charge in [-0.25, -0.2) is 0 Å². The number of hydrogen-bond donors (Lipinski definition) is 0. The fraction of sp³-hybridized carbons (Fsp3) is 0.462. The number of Topliss-reactive ketones (excluding diaryl/α,β-unsaturated/α-hetero) is 1. The van der Waals surface area contributed by atoms with Gasteiger partial charge in [-0.1, -0.05) is 37.3 Å². The molecule has 0 N–H and O–H groups in total. The quantitative estimate of drug-likeness (QED) is 0.580. The van der Waals surface area contributed by atoms with Gasteiger partial charge in [0.2, 0.25) is 5.78 Å². The molecular formula is C13H15NO3. The molecule has 1 aliphatic rings. The third-order valence-electron chi connectivity index (χ3n) is 3.42. The van der Waals surface area contributed by atoms with E-state index in [1.54, 1.807) is 0 Å². The highest BCUT2D eigenvalue weighted by Crippen LogP contribution is 2.54. The number of carbonyl (C=O) groups is 1. The fourth-order valence-corrected chi connectivity index (χ4v) is 2.39. The molecule has 0 aromatic heterocycles. The van der Waals surface area contributed by atoms with E-state index >= 15 is 0 Å². The smallest absolute Gasteiger partial charge is 0.287 e. The van der Waals surface area contributed by atoms with E-state index < -0.39 is 5.54 Å². The van der Waals surface area contributed by atoms with Crippen molar-refractivity contribution in [1.29, 1.82) is 0 Å². The van der Waals surface area contributed by atoms with Crippen LogP contribution in [-0.4, -0.2) is 16.2 Å². The second-order valence-corrected chi connectivity index (χ2v) is 4.52. The number of rotatable bonds is 5. The molecule has 2 rings (SSSR count). The summed E-state index contributed by atoms with van der Waals surface area (Å²) < 4.78 is 0. The Balaban J connectivity index is 2.25. The first kappa shape index (κ1) is 11.8. The van der Waals surface area contributed by atoms with Gasteiger partial charge < -0.3 is 0 Å². The van der Waals surface area contributed by atoms with Gasteiger partial charge in [0, 0.05) is 17.8 Å². The summed E-state index contributed by atoms with van der Waals surface area (Å²) >= 11 is 0. The summed E-state index contributed by atoms with van der Waals surface area (Å²) in [6, 6.07) is 9.28. The Kier molecular flexibility index (Phi) is 2.96. The molecule has 1 fully saturated rings. The third kappa shape index (κ3) is 1.84. The lowest BCUT2D eigenvalue weighted by Crippen LogP contribution is -2.33. The SMILES string of the molecule is CCCC(=O)[C@@]1([N+](=O)[O-])C[C@H]1c1ccccc1. The molecule has 0 aliphatic heterocycles. The number of carbonyl (C=O) groups excluding carboxylic acids is 1. The average Bonchev–Trinajstić information content (AvgIpc) is 3.07. The zero-order chi connectivity index (χ0) is 12.5. The molecule has 0 unspecified atom stereocenters. The van der Waals surface area contributed by atoms with Gasteiger partial charge in [-0.3, -0.25) is 14.9 Å². The summed E-state index contributed by atoms with van der Waals surface area (Å²) in [4.78, 5) is 22.7. The second-order valence-electron chi connectivity index (χ2n) is 4.52. The Hall–Kier alpha value is -1.71. The van der Waals surface area contributed by atoms with Crippen LogP contribution in [0.4, 0.5) is 0 Å². The van der Waals surface area contributed by atoms with Crippen molar-refractivity contribution in [3.8, 4) is 0 Å². The van der Waals surface area contributed by atoms with Crippen molar-refractivity contribution >= 4 is 5.78 Å². The second kappa shape index (κ2) is 4.28. The van der Waals surface area contributed by atoms with E-state index in [-0.39, 0.29) is 16.6 Å². The monoisotopic (exact) mass is 233 g/mol. The van der Waals surface area contributed by atoms with Gasteiger partial charge in [-0.2, -0.15) is 0 Å². The summed E-state index contributed by atoms with van der Waals surface area (Å²) in [5, 5.41) is 11.2. The molecule has 1 saturated carbocycles. The summed E-state index contributed by atoms with van der Waals surface area (Å²) in [6.07, 6.45) is 1.31. The van der Waals surface area contributed by atoms with Crippen molar-refractivity contribution in [1.82, 2.24) is 0 Å². The molecular weight excluding hydrogens is 218 g/mol. The van der Waals surface area contributed by atoms with Gasteiger partial charge in [0.05, 0.1) is 5.92 Å². The predicted octanol–water partition coefficient (Wildman–Crippen LogP) is 2.56. The maximum absolute atomic E-state index is 11.9. The van der Waals surface area contributed by atoms with Crippen LogP contribution in [0.5, 0.6) is 0 Å². The minimum Gasteiger partial charge on any atom is -0.292 e. The molecule has 0 radical (unpaired) electrons. The molecule has 90 valence electrons. The summed E-state index contributed by atoms with van der Waals surface area (Å²) in [5.41, 5.74) is -0.439. The lowest BCUT2D eigenvalue weighted by Gasteiger charge is -2.07. The van der Waals surface area contributed by atoms with Crippen molar-refractivity contribution < 1.29 is 9.72 Å². The number of nitrogens with zero attached hydrogens (tertiary/aromatic N) is 1. The minimum atomic E-state index is -1.34. The third-order valence-corrected chi connectivity index (χ3v) is 3.42. The highest BCUT2D eigenvalue weighted by atomic mass is 16.6. The summed E-state index contributed by atoms with van der Waals surface area (Å²) in [5.74, 6) is -0.461. The number of benzene rings is 1. The lowest BCUT2D eigenvalue weighted by atomic mass is 10.0. The van der Waals surface area contributed by atoms with Crippen molar-refractivity contribution in [2.24, 2.45) is 0 Å². The first-order valence-corrected chi connectivity index (χ1v) is 5.85. The van der Waals surface area contributed by atoms with Crippen LogP contribution in [0.25, 0.3) is 0 Å². The molecule has 17 heavy (non-hydrogen) atoms. The molecule has 0 spiro atoms. The normalized spacial score (nSPS) is 26.5. The van der Waals surface area contributed by atoms with Crippen molar-refractivity contribution in [2.75, 3.05) is 0 Å². The molecule has 1 aromatic carbocycles. The molecule has 4 nitrogen and oxygen atoms in total. The first-order chi connectivity index (χ1) is 8.13. The van der Waals surface area contributed by atoms with Crippen LogP contribution >= 0.6 is 0 Å². The molecule has 4 heteroatoms. The Morgan fingerprint density at radius 1 is 1.47 bits per heavy atom. The highest BCUT2D eigenvalue weighted by molar-refractivity contribution is 5.91. The van der Waals surface area contributed by atoms with Crippen molar-refractivity contribution in [3.63, 3.8) is 0 Å². The van der Waals surface area contributed by atoms with E-state index in [9.17, 15) is 14.9 Å². The molecule has 1 aliphatic carbocycles. The van der Waals surface area contributed by atoms with E-state index in [0.29, 0.717) is 19.3 Å². The van der Waals surface area contributed by atoms with Gasteiger partial charge in [-0.15, -0.1) is 0 Å². The zero-order valence-corrected chi connectivity index (χ0v) is 9.76. The van der Waals surface area contributed by atoms with Crippen LogP contribution in [0.1, 0.15) is 37.7 Å². The average molecular weight is 233 g/mol. The Morgan fingerprint density at radius 2 is 2.12 bits per heavy atom. The van der Waals surface area contributed by atoms with Crippen molar-refractivity contribution in [2.45, 2.75) is 37.6 Å². The van der Waals surface area contributed by atoms with E-state index in [0.717, 1.165) is 5.56 Å². The highest BCUT2D eigenvalue weighted by Gasteiger charge is 2.71. The van der Waals surface area contributed by atoms with E-state index in [4.69, 9.17) is 0 Å². The van der Waals surface area contributed by atoms with Gasteiger partial charge in [-0.05, 0) is 12.0 Å². The Labute approximate surface area is 99.8 Å². The molecule has 0 amide bonds. The fourth-order valence-electron chi connectivity index (χ4n) is 2.39. The Morgan fingerprint density at radius 3 is 2.65 bits per heavy atom. The lowest BCUT2D eigenvalue weighted by molar-refractivity contribution is -0.523. The van der Waals surface area contributed by atoms with Crippen molar-refractivity contribution in [3.05, 3.63) is 46.0 Å². The van der Waals surface area contributed by atoms with E-state index in [1.165, 1.54) is 0 Å². The van der Waals surface area contributed by atoms with Crippen LogP contribution in [0.2, 0.25) is 0 Å². The minimum absolute atomic E-state index is 0.223. The van der Waals surface area contributed by atoms with Crippen LogP contribution in [-0.2, 0) is 4.79 Å². The zero-order valence-electron chi connectivity index (χ0n) is 9.76. The predicted molar refractivity (Wildman–Crippen MR) is 63.4 cm³/mol. The molecule has 0 saturated heterocycles. The van der Waals surface area contributed by atoms with Crippen LogP contribution in [0.3, 0.4) is 0 Å². The van der Waals surface area contributed by atoms with E-state index in [2.05, 4.69) is 0 Å². The molecule has 0 heterocycles. The van der Waals surface area contributed by atoms with Gasteiger partial charge in [0.1, 0.15) is 0 Å². The van der Waals surface area contributed by atoms with Gasteiger partial charge in [0.25, 0.3) is 5.54 Å². The van der Waals surface area contributed by atoms with Crippen LogP contribution < -0.4 is 0 Å². The van der Waals surface area contributed by atoms with E-state index in [1.807, 2.05) is 37.3 Å². The molecule has 0 bridgehead atoms. The van der Waals surface area contributed by atoms with Crippen LogP contribution in [0.15, 0.2) is 30.3 Å². The number of hydrogen-bond acceptors (Lipinski definition) is 3. The Bertz CT molecular complexity index is 443. The number of nitro groups is 1. The van der Waals surface area contributed by atoms with Gasteiger partial charge >= 0.3 is 0 Å². The largest absolute Gasteiger partial charge is 0.292 e. The summed E-state index contributed by atoms with van der Waals surface area (Å²) in [6.45, 7) is 1.87. The standard InChI is InChI=1S/C13H15NO3/c1-2-6-12(15)13(14(16)17)9-11(13)10-7-4-3-5-8-10/h3-5,7-8,11H,2,6,9H2,1H3/t11-,13+/m0/s1. The first-order valence-electron chi connectivity index (χ1n) is 5.85. The maximum Gasteiger partial charge on any atom is 0.287 e. The topological polar surface area (TPSA) is 60.2 Å². The maximum atomic E-state index is 11.9. The molecule has 1 aromatic rings.